The summed E-state index contributed by atoms with van der Waals surface area (Å²) in [7, 11) is 0. The number of rotatable bonds is 9. The van der Waals surface area contributed by atoms with Gasteiger partial charge in [-0.15, -0.1) is 0 Å². The molecule has 0 radical (unpaired) electrons. The van der Waals surface area contributed by atoms with E-state index in [0.717, 1.165) is 0 Å². The van der Waals surface area contributed by atoms with E-state index in [2.05, 4.69) is 0 Å². The maximum atomic E-state index is 11.0. The van der Waals surface area contributed by atoms with Gasteiger partial charge in [0.1, 0.15) is 42.7 Å². The Bertz CT molecular complexity index is 867. The van der Waals surface area contributed by atoms with E-state index in [9.17, 15) is 35.7 Å². The Labute approximate surface area is 242 Å². The molecule has 4 rings (SSSR count). The molecule has 2 aliphatic carbocycles. The van der Waals surface area contributed by atoms with Gasteiger partial charge in [-0.2, -0.15) is 0 Å². The van der Waals surface area contributed by atoms with Crippen LogP contribution in [0.1, 0.15) is 12.8 Å². The maximum absolute atomic E-state index is 11.0. The molecule has 19 atom stereocenters. The van der Waals surface area contributed by atoms with Gasteiger partial charge in [-0.3, -0.25) is 0 Å². The zero-order valence-corrected chi connectivity index (χ0v) is 23.1. The molecule has 2 heterocycles. The largest absolute Gasteiger partial charge is 0.396 e. The number of aliphatic hydroxyl groups excluding tert-OH is 7. The van der Waals surface area contributed by atoms with E-state index in [1.54, 1.807) is 0 Å². The number of aliphatic hydroxyl groups is 7. The Hall–Kier alpha value is -0.720. The van der Waals surface area contributed by atoms with Crippen molar-refractivity contribution >= 4 is 0 Å². The van der Waals surface area contributed by atoms with Crippen LogP contribution >= 0.6 is 0 Å². The molecule has 42 heavy (non-hydrogen) atoms. The summed E-state index contributed by atoms with van der Waals surface area (Å²) in [6, 6.07) is -4.87. The van der Waals surface area contributed by atoms with Crippen LogP contribution in [0.2, 0.25) is 0 Å². The molecule has 2 saturated heterocycles. The van der Waals surface area contributed by atoms with Crippen LogP contribution < -0.4 is 34.4 Å². The average Bonchev–Trinajstić information content (AvgIpc) is 3.27. The lowest BCUT2D eigenvalue weighted by Crippen LogP contribution is -2.67. The van der Waals surface area contributed by atoms with Crippen LogP contribution in [0.25, 0.3) is 0 Å². The van der Waals surface area contributed by atoms with Crippen LogP contribution in [0.3, 0.4) is 0 Å². The third-order valence-corrected chi connectivity index (χ3v) is 8.94. The first-order valence-electron chi connectivity index (χ1n) is 14.2. The summed E-state index contributed by atoms with van der Waals surface area (Å²) in [5.74, 6) is -0.710. The third kappa shape index (κ3) is 6.62. The minimum atomic E-state index is -1.41. The van der Waals surface area contributed by atoms with Gasteiger partial charge in [-0.1, -0.05) is 0 Å². The van der Waals surface area contributed by atoms with E-state index in [0.29, 0.717) is 0 Å². The van der Waals surface area contributed by atoms with Gasteiger partial charge < -0.3 is 93.8 Å². The molecule has 19 N–H and O–H groups in total. The molecular formula is C24H48N6O12. The van der Waals surface area contributed by atoms with Gasteiger partial charge in [0.15, 0.2) is 12.6 Å². The molecule has 0 aromatic rings. The van der Waals surface area contributed by atoms with E-state index >= 15 is 0 Å². The van der Waals surface area contributed by atoms with E-state index in [4.69, 9.17) is 58.1 Å². The lowest BCUT2D eigenvalue weighted by molar-refractivity contribution is -0.275. The number of hydrogen-bond donors (Lipinski definition) is 13. The second kappa shape index (κ2) is 14.1. The van der Waals surface area contributed by atoms with Gasteiger partial charge in [0.2, 0.25) is 0 Å². The molecule has 0 aromatic heterocycles. The third-order valence-electron chi connectivity index (χ3n) is 8.94. The van der Waals surface area contributed by atoms with Crippen molar-refractivity contribution in [3.8, 4) is 0 Å². The van der Waals surface area contributed by atoms with Crippen molar-refractivity contribution in [3.63, 3.8) is 0 Å². The van der Waals surface area contributed by atoms with Crippen molar-refractivity contribution in [2.24, 2.45) is 40.3 Å². The average molecular weight is 613 g/mol. The Morgan fingerprint density at radius 2 is 1.17 bits per heavy atom. The van der Waals surface area contributed by atoms with Crippen molar-refractivity contribution in [2.45, 2.75) is 123 Å². The second-order valence-corrected chi connectivity index (χ2v) is 11.8. The summed E-state index contributed by atoms with van der Waals surface area (Å²) in [5, 5.41) is 71.8. The van der Waals surface area contributed by atoms with Crippen LogP contribution in [0.4, 0.5) is 0 Å². The molecule has 0 unspecified atom stereocenters. The maximum Gasteiger partial charge on any atom is 0.176 e. The molecule has 0 bridgehead atoms. The molecule has 2 saturated carbocycles. The molecule has 4 fully saturated rings. The van der Waals surface area contributed by atoms with Crippen LogP contribution in [0, 0.1) is 5.92 Å². The minimum Gasteiger partial charge on any atom is -0.396 e. The summed E-state index contributed by atoms with van der Waals surface area (Å²) in [6.45, 7) is -1.11. The Balaban J connectivity index is 1.50. The highest BCUT2D eigenvalue weighted by atomic mass is 16.7. The van der Waals surface area contributed by atoms with Crippen LogP contribution in [-0.2, 0) is 23.7 Å². The monoisotopic (exact) mass is 612 g/mol. The summed E-state index contributed by atoms with van der Waals surface area (Å²) in [6.07, 6.45) is -15.2. The van der Waals surface area contributed by atoms with Gasteiger partial charge in [0, 0.05) is 31.2 Å². The quantitative estimate of drug-likeness (QED) is 0.115. The zero-order chi connectivity index (χ0) is 31.0. The first-order valence-corrected chi connectivity index (χ1v) is 14.2. The first kappa shape index (κ1) is 34.2. The van der Waals surface area contributed by atoms with Gasteiger partial charge in [-0.25, -0.2) is 0 Å². The number of ether oxygens (including phenoxy) is 5. The fourth-order valence-electron chi connectivity index (χ4n) is 6.23. The number of hydrogen-bond acceptors (Lipinski definition) is 18. The van der Waals surface area contributed by atoms with Crippen molar-refractivity contribution in [1.82, 2.24) is 0 Å². The topological polar surface area (TPSA) is 344 Å². The van der Waals surface area contributed by atoms with Crippen LogP contribution in [0.15, 0.2) is 0 Å². The molecule has 4 aliphatic rings. The normalized spacial score (nSPS) is 53.8. The van der Waals surface area contributed by atoms with Gasteiger partial charge in [0.05, 0.1) is 49.1 Å². The standard InChI is InChI=1S/C24H48N6O12/c25-3-10-17(35)19(37)13(29)23(39-10)41-21-11(5-32)40-24(14(21)30)42-22-16(34)7(26)2-8(27)20(22)38-9-1-6(4-31)15(33)18(36)12(9)28/h6-24,31-37H,1-5,25-30H2/t6-,7-,8+,9+,10+,11-,12+,13-,14-,15-,16+,17-,18-,19-,20-,21-,22-,23-,24+/m1/s1. The van der Waals surface area contributed by atoms with E-state index in [1.807, 2.05) is 0 Å². The van der Waals surface area contributed by atoms with Crippen molar-refractivity contribution in [1.29, 1.82) is 0 Å². The lowest BCUT2D eigenvalue weighted by Gasteiger charge is -2.47. The van der Waals surface area contributed by atoms with Gasteiger partial charge in [-0.05, 0) is 12.8 Å². The summed E-state index contributed by atoms with van der Waals surface area (Å²) in [5.41, 5.74) is 36.7. The number of nitrogens with two attached hydrogens (primary N) is 6. The smallest absolute Gasteiger partial charge is 0.176 e. The highest BCUT2D eigenvalue weighted by Gasteiger charge is 2.53. The van der Waals surface area contributed by atoms with Crippen LogP contribution in [-0.4, -0.2) is 165 Å². The highest BCUT2D eigenvalue weighted by molar-refractivity contribution is 5.03. The van der Waals surface area contributed by atoms with E-state index < -0.39 is 129 Å². The second-order valence-electron chi connectivity index (χ2n) is 11.8. The van der Waals surface area contributed by atoms with Crippen LogP contribution in [0.5, 0.6) is 0 Å². The molecule has 18 nitrogen and oxygen atoms in total. The van der Waals surface area contributed by atoms with E-state index in [1.165, 1.54) is 0 Å². The summed E-state index contributed by atoms with van der Waals surface area (Å²) in [4.78, 5) is 0. The molecule has 0 aromatic carbocycles. The molecule has 0 amide bonds. The molecule has 2 aliphatic heterocycles. The summed E-state index contributed by atoms with van der Waals surface area (Å²) < 4.78 is 29.7. The lowest BCUT2D eigenvalue weighted by atomic mass is 9.79. The predicted molar refractivity (Wildman–Crippen MR) is 142 cm³/mol. The first-order chi connectivity index (χ1) is 19.8. The molecule has 246 valence electrons. The van der Waals surface area contributed by atoms with E-state index in [-0.39, 0.29) is 19.4 Å². The Morgan fingerprint density at radius 3 is 1.79 bits per heavy atom. The van der Waals surface area contributed by atoms with Gasteiger partial charge in [0.25, 0.3) is 0 Å². The van der Waals surface area contributed by atoms with Crippen molar-refractivity contribution < 1.29 is 59.4 Å². The fraction of sp³-hybridized carbons (Fsp3) is 1.00. The van der Waals surface area contributed by atoms with Crippen molar-refractivity contribution in [2.75, 3.05) is 19.8 Å². The molecule has 0 spiro atoms. The predicted octanol–water partition coefficient (Wildman–Crippen LogP) is -8.23. The zero-order valence-electron chi connectivity index (χ0n) is 23.1. The fourth-order valence-corrected chi connectivity index (χ4v) is 6.23. The SMILES string of the molecule is NC[C@@H]1O[C@H](O[C@H]2[C@@H](N)[C@H](O[C@@H]3[C@@H](O)[C@H](N)C[C@H](N)[C@H]3O[C@H]3C[C@H](CO)[C@@H](O)[C@H](O)[C@H]3N)O[C@@H]2CO)[C@H](N)[C@@H](O)[C@@H]1O. The Morgan fingerprint density at radius 1 is 0.571 bits per heavy atom. The molecular weight excluding hydrogens is 564 g/mol. The molecule has 18 heteroatoms. The highest BCUT2D eigenvalue weighted by Crippen LogP contribution is 2.34. The van der Waals surface area contributed by atoms with Crippen molar-refractivity contribution in [3.05, 3.63) is 0 Å². The Kier molecular flexibility index (Phi) is 11.5. The minimum absolute atomic E-state index is 0.0991. The summed E-state index contributed by atoms with van der Waals surface area (Å²) >= 11 is 0. The van der Waals surface area contributed by atoms with Gasteiger partial charge >= 0.3 is 0 Å².